The molecule has 1 amide bonds. The van der Waals surface area contributed by atoms with Gasteiger partial charge in [-0.25, -0.2) is 9.97 Å². The topological polar surface area (TPSA) is 58.1 Å². The van der Waals surface area contributed by atoms with Crippen molar-refractivity contribution in [1.82, 2.24) is 9.97 Å². The second-order valence-corrected chi connectivity index (χ2v) is 6.14. The summed E-state index contributed by atoms with van der Waals surface area (Å²) in [7, 11) is 0. The first-order valence-corrected chi connectivity index (χ1v) is 8.11. The number of carbonyl (C=O) groups excluding carboxylic acids is 1. The van der Waals surface area contributed by atoms with E-state index in [0.717, 1.165) is 30.6 Å². The minimum absolute atomic E-state index is 0.0241. The largest absolute Gasteiger partial charge is 0.340 e. The van der Waals surface area contributed by atoms with Crippen LogP contribution in [0.25, 0.3) is 0 Å². The van der Waals surface area contributed by atoms with Gasteiger partial charge in [-0.1, -0.05) is 17.7 Å². The summed E-state index contributed by atoms with van der Waals surface area (Å²) in [5.74, 6) is 0.630. The summed E-state index contributed by atoms with van der Waals surface area (Å²) in [6.07, 6.45) is 5.27. The summed E-state index contributed by atoms with van der Waals surface area (Å²) < 4.78 is 0. The van der Waals surface area contributed by atoms with Crippen LogP contribution in [0.4, 0.5) is 11.6 Å². The third-order valence-electron chi connectivity index (χ3n) is 4.15. The van der Waals surface area contributed by atoms with Crippen LogP contribution in [0.1, 0.15) is 18.4 Å². The molecular weight excluding hydrogens is 312 g/mol. The molecule has 0 spiro atoms. The number of piperidine rings is 1. The van der Waals surface area contributed by atoms with Crippen molar-refractivity contribution in [3.63, 3.8) is 0 Å². The Bertz CT molecular complexity index is 692. The first kappa shape index (κ1) is 15.7. The summed E-state index contributed by atoms with van der Waals surface area (Å²) in [6, 6.07) is 7.33. The van der Waals surface area contributed by atoms with Crippen molar-refractivity contribution in [2.45, 2.75) is 19.8 Å². The Morgan fingerprint density at radius 3 is 2.87 bits per heavy atom. The van der Waals surface area contributed by atoms with Crippen molar-refractivity contribution in [3.8, 4) is 0 Å². The van der Waals surface area contributed by atoms with Crippen LogP contribution in [-0.2, 0) is 4.79 Å². The van der Waals surface area contributed by atoms with E-state index in [-0.39, 0.29) is 11.8 Å². The van der Waals surface area contributed by atoms with Gasteiger partial charge >= 0.3 is 0 Å². The van der Waals surface area contributed by atoms with Crippen molar-refractivity contribution < 1.29 is 4.79 Å². The summed E-state index contributed by atoms with van der Waals surface area (Å²) in [5, 5.41) is 3.66. The third kappa shape index (κ3) is 3.62. The highest BCUT2D eigenvalue weighted by Crippen LogP contribution is 2.25. The van der Waals surface area contributed by atoms with Gasteiger partial charge in [0.15, 0.2) is 0 Å². The lowest BCUT2D eigenvalue weighted by Gasteiger charge is -2.32. The Morgan fingerprint density at radius 1 is 1.30 bits per heavy atom. The van der Waals surface area contributed by atoms with Crippen LogP contribution in [0.3, 0.4) is 0 Å². The fourth-order valence-electron chi connectivity index (χ4n) is 2.81. The molecule has 1 atom stereocenters. The Hall–Kier alpha value is -2.14. The quantitative estimate of drug-likeness (QED) is 0.938. The molecule has 120 valence electrons. The van der Waals surface area contributed by atoms with Crippen LogP contribution >= 0.6 is 11.6 Å². The van der Waals surface area contributed by atoms with Gasteiger partial charge in [-0.3, -0.25) is 4.79 Å². The molecule has 1 aliphatic heterocycles. The van der Waals surface area contributed by atoms with Crippen molar-refractivity contribution >= 4 is 29.1 Å². The molecule has 2 aromatic rings. The summed E-state index contributed by atoms with van der Waals surface area (Å²) in [4.78, 5) is 23.2. The predicted molar refractivity (Wildman–Crippen MR) is 91.8 cm³/mol. The van der Waals surface area contributed by atoms with Gasteiger partial charge < -0.3 is 10.2 Å². The van der Waals surface area contributed by atoms with Gasteiger partial charge in [-0.05, 0) is 43.5 Å². The smallest absolute Gasteiger partial charge is 0.229 e. The van der Waals surface area contributed by atoms with E-state index >= 15 is 0 Å². The zero-order valence-corrected chi connectivity index (χ0v) is 13.8. The van der Waals surface area contributed by atoms with Crippen LogP contribution in [0.15, 0.2) is 36.7 Å². The molecule has 1 aromatic carbocycles. The minimum atomic E-state index is -0.0778. The molecule has 6 heteroatoms. The van der Waals surface area contributed by atoms with Gasteiger partial charge in [0, 0.05) is 36.2 Å². The maximum atomic E-state index is 12.6. The molecular formula is C17H19ClN4O. The fraction of sp³-hybridized carbons (Fsp3) is 0.353. The molecule has 1 saturated heterocycles. The lowest BCUT2D eigenvalue weighted by atomic mass is 9.97. The monoisotopic (exact) mass is 330 g/mol. The average Bonchev–Trinajstić information content (AvgIpc) is 2.60. The molecule has 1 aliphatic rings. The summed E-state index contributed by atoms with van der Waals surface area (Å²) in [5.41, 5.74) is 1.66. The normalized spacial score (nSPS) is 17.8. The van der Waals surface area contributed by atoms with E-state index in [9.17, 15) is 4.79 Å². The van der Waals surface area contributed by atoms with Gasteiger partial charge in [-0.2, -0.15) is 0 Å². The molecule has 1 aromatic heterocycles. The molecule has 0 saturated carbocycles. The number of rotatable bonds is 3. The van der Waals surface area contributed by atoms with E-state index in [2.05, 4.69) is 20.2 Å². The Morgan fingerprint density at radius 2 is 2.09 bits per heavy atom. The number of hydrogen-bond acceptors (Lipinski definition) is 4. The van der Waals surface area contributed by atoms with Crippen molar-refractivity contribution in [3.05, 3.63) is 47.2 Å². The molecule has 0 aliphatic carbocycles. The number of anilines is 2. The highest BCUT2D eigenvalue weighted by molar-refractivity contribution is 6.31. The van der Waals surface area contributed by atoms with Crippen LogP contribution in [0.5, 0.6) is 0 Å². The molecule has 0 unspecified atom stereocenters. The second-order valence-electron chi connectivity index (χ2n) is 5.74. The third-order valence-corrected chi connectivity index (χ3v) is 4.56. The number of carbonyl (C=O) groups is 1. The first-order chi connectivity index (χ1) is 11.1. The zero-order chi connectivity index (χ0) is 16.2. The van der Waals surface area contributed by atoms with Gasteiger partial charge in [-0.15, -0.1) is 0 Å². The van der Waals surface area contributed by atoms with Gasteiger partial charge in [0.1, 0.15) is 0 Å². The van der Waals surface area contributed by atoms with Crippen LogP contribution in [-0.4, -0.2) is 29.0 Å². The number of nitrogens with zero attached hydrogens (tertiary/aromatic N) is 3. The predicted octanol–water partition coefficient (Wildman–Crippen LogP) is 3.29. The molecule has 1 N–H and O–H groups in total. The number of hydrogen-bond donors (Lipinski definition) is 1. The standard InChI is InChI=1S/C17H19ClN4O/c1-12-14(18)6-2-7-15(12)21-16(23)13-5-3-10-22(11-13)17-19-8-4-9-20-17/h2,4,6-9,13H,3,5,10-11H2,1H3,(H,21,23)/t13-/m1/s1. The molecule has 5 nitrogen and oxygen atoms in total. The van der Waals surface area contributed by atoms with Crippen molar-refractivity contribution in [1.29, 1.82) is 0 Å². The van der Waals surface area contributed by atoms with E-state index in [0.29, 0.717) is 17.5 Å². The van der Waals surface area contributed by atoms with Crippen molar-refractivity contribution in [2.24, 2.45) is 5.92 Å². The Labute approximate surface area is 140 Å². The first-order valence-electron chi connectivity index (χ1n) is 7.73. The molecule has 23 heavy (non-hydrogen) atoms. The average molecular weight is 331 g/mol. The maximum absolute atomic E-state index is 12.6. The number of nitrogens with one attached hydrogen (secondary N) is 1. The number of amides is 1. The highest BCUT2D eigenvalue weighted by atomic mass is 35.5. The van der Waals surface area contributed by atoms with Crippen molar-refractivity contribution in [2.75, 3.05) is 23.3 Å². The van der Waals surface area contributed by atoms with Crippen LogP contribution in [0, 0.1) is 12.8 Å². The molecule has 2 heterocycles. The van der Waals surface area contributed by atoms with E-state index in [1.807, 2.05) is 25.1 Å². The Kier molecular flexibility index (Phi) is 4.76. The van der Waals surface area contributed by atoms with Gasteiger partial charge in [0.2, 0.25) is 11.9 Å². The fourth-order valence-corrected chi connectivity index (χ4v) is 2.98. The summed E-state index contributed by atoms with van der Waals surface area (Å²) in [6.45, 7) is 3.42. The van der Waals surface area contributed by atoms with E-state index in [1.54, 1.807) is 18.5 Å². The number of aromatic nitrogens is 2. The molecule has 0 bridgehead atoms. The minimum Gasteiger partial charge on any atom is -0.340 e. The lowest BCUT2D eigenvalue weighted by Crippen LogP contribution is -2.41. The van der Waals surface area contributed by atoms with E-state index < -0.39 is 0 Å². The zero-order valence-electron chi connectivity index (χ0n) is 13.0. The SMILES string of the molecule is Cc1c(Cl)cccc1NC(=O)[C@@H]1CCCN(c2ncccn2)C1. The van der Waals surface area contributed by atoms with Gasteiger partial charge in [0.05, 0.1) is 5.92 Å². The Balaban J connectivity index is 1.69. The second kappa shape index (κ2) is 6.96. The number of halogens is 1. The van der Waals surface area contributed by atoms with Crippen LogP contribution in [0.2, 0.25) is 5.02 Å². The van der Waals surface area contributed by atoms with E-state index in [4.69, 9.17) is 11.6 Å². The summed E-state index contributed by atoms with van der Waals surface area (Å²) >= 11 is 6.11. The maximum Gasteiger partial charge on any atom is 0.229 e. The highest BCUT2D eigenvalue weighted by Gasteiger charge is 2.27. The lowest BCUT2D eigenvalue weighted by molar-refractivity contribution is -0.120. The van der Waals surface area contributed by atoms with E-state index in [1.165, 1.54) is 0 Å². The van der Waals surface area contributed by atoms with Crippen LogP contribution < -0.4 is 10.2 Å². The molecule has 3 rings (SSSR count). The van der Waals surface area contributed by atoms with Gasteiger partial charge in [0.25, 0.3) is 0 Å². The molecule has 1 fully saturated rings. The number of benzene rings is 1. The molecule has 0 radical (unpaired) electrons.